The van der Waals surface area contributed by atoms with Crippen LogP contribution in [0.15, 0.2) is 42.5 Å². The van der Waals surface area contributed by atoms with Crippen LogP contribution in [0.4, 0.5) is 10.1 Å². The minimum Gasteiger partial charge on any atom is -0.450 e. The van der Waals surface area contributed by atoms with E-state index in [2.05, 4.69) is 0 Å². The van der Waals surface area contributed by atoms with E-state index in [1.165, 1.54) is 6.07 Å². The Labute approximate surface area is 121 Å². The summed E-state index contributed by atoms with van der Waals surface area (Å²) in [5, 5.41) is 11.0. The molecule has 0 unspecified atom stereocenters. The normalized spacial score (nSPS) is 12.0. The summed E-state index contributed by atoms with van der Waals surface area (Å²) in [5.41, 5.74) is 6.32. The number of halogens is 1. The lowest BCUT2D eigenvalue weighted by Gasteiger charge is -2.15. The first kappa shape index (κ1) is 14.9. The van der Waals surface area contributed by atoms with E-state index in [4.69, 9.17) is 10.5 Å². The summed E-state index contributed by atoms with van der Waals surface area (Å²) < 4.78 is 18.7. The van der Waals surface area contributed by atoms with E-state index in [0.717, 1.165) is 17.7 Å². The van der Waals surface area contributed by atoms with Crippen molar-refractivity contribution in [2.45, 2.75) is 19.4 Å². The fraction of sp³-hybridized carbons (Fsp3) is 0.200. The van der Waals surface area contributed by atoms with E-state index in [1.807, 2.05) is 13.0 Å². The molecule has 0 heterocycles. The second kappa shape index (κ2) is 6.32. The Balaban J connectivity index is 2.41. The Hall–Kier alpha value is -2.47. The highest BCUT2D eigenvalue weighted by atomic mass is 19.1. The molecule has 2 aromatic rings. The molecule has 5 nitrogen and oxygen atoms in total. The van der Waals surface area contributed by atoms with Crippen LogP contribution in [0.5, 0.6) is 11.5 Å². The quantitative estimate of drug-likeness (QED) is 0.668. The van der Waals surface area contributed by atoms with Gasteiger partial charge in [0.2, 0.25) is 5.75 Å². The molecule has 0 aliphatic carbocycles. The zero-order valence-electron chi connectivity index (χ0n) is 11.5. The van der Waals surface area contributed by atoms with Crippen molar-refractivity contribution in [1.29, 1.82) is 0 Å². The first-order valence-corrected chi connectivity index (χ1v) is 6.49. The molecule has 0 saturated heterocycles. The van der Waals surface area contributed by atoms with Gasteiger partial charge in [0.15, 0.2) is 0 Å². The van der Waals surface area contributed by atoms with Crippen molar-refractivity contribution in [3.8, 4) is 11.5 Å². The van der Waals surface area contributed by atoms with Gasteiger partial charge in [-0.2, -0.15) is 0 Å². The highest BCUT2D eigenvalue weighted by Gasteiger charge is 2.19. The maximum atomic E-state index is 13.1. The number of para-hydroxylation sites is 1. The van der Waals surface area contributed by atoms with Crippen LogP contribution in [0, 0.1) is 15.9 Å². The van der Waals surface area contributed by atoms with E-state index in [9.17, 15) is 14.5 Å². The van der Waals surface area contributed by atoms with Crippen molar-refractivity contribution in [2.75, 3.05) is 0 Å². The number of nitrogens with two attached hydrogens (primary N) is 1. The lowest BCUT2D eigenvalue weighted by Crippen LogP contribution is -2.10. The highest BCUT2D eigenvalue weighted by Crippen LogP contribution is 2.35. The van der Waals surface area contributed by atoms with Crippen LogP contribution < -0.4 is 10.5 Å². The van der Waals surface area contributed by atoms with Crippen LogP contribution in [0.1, 0.15) is 24.9 Å². The van der Waals surface area contributed by atoms with Gasteiger partial charge in [-0.3, -0.25) is 10.1 Å². The van der Waals surface area contributed by atoms with Gasteiger partial charge in [-0.15, -0.1) is 0 Å². The highest BCUT2D eigenvalue weighted by molar-refractivity contribution is 5.50. The predicted molar refractivity (Wildman–Crippen MR) is 76.8 cm³/mol. The summed E-state index contributed by atoms with van der Waals surface area (Å²) in [6.45, 7) is 1.93. The van der Waals surface area contributed by atoms with Crippen LogP contribution >= 0.6 is 0 Å². The van der Waals surface area contributed by atoms with Crippen LogP contribution in [0.25, 0.3) is 0 Å². The minimum absolute atomic E-state index is 0.0165. The number of hydrogen-bond donors (Lipinski definition) is 1. The number of ether oxygens (including phenoxy) is 1. The summed E-state index contributed by atoms with van der Waals surface area (Å²) in [4.78, 5) is 10.3. The number of nitro groups is 1. The fourth-order valence-electron chi connectivity index (χ4n) is 1.94. The molecule has 0 radical (unpaired) electrons. The zero-order chi connectivity index (χ0) is 15.4. The Bertz CT molecular complexity index is 661. The van der Waals surface area contributed by atoms with Crippen molar-refractivity contribution in [3.05, 3.63) is 64.0 Å². The lowest BCUT2D eigenvalue weighted by molar-refractivity contribution is -0.385. The van der Waals surface area contributed by atoms with Gasteiger partial charge in [0.25, 0.3) is 0 Å². The van der Waals surface area contributed by atoms with Crippen molar-refractivity contribution < 1.29 is 14.1 Å². The molecule has 6 heteroatoms. The summed E-state index contributed by atoms with van der Waals surface area (Å²) in [6, 6.07) is 9.99. The number of rotatable bonds is 5. The third-order valence-electron chi connectivity index (χ3n) is 3.10. The molecule has 2 N–H and O–H groups in total. The third-order valence-corrected chi connectivity index (χ3v) is 3.10. The van der Waals surface area contributed by atoms with Crippen molar-refractivity contribution in [3.63, 3.8) is 0 Å². The molecule has 0 aliphatic heterocycles. The smallest absolute Gasteiger partial charge is 0.314 e. The molecule has 2 rings (SSSR count). The van der Waals surface area contributed by atoms with Gasteiger partial charge in [0.1, 0.15) is 11.6 Å². The second-order valence-electron chi connectivity index (χ2n) is 4.52. The van der Waals surface area contributed by atoms with E-state index in [0.29, 0.717) is 12.2 Å². The van der Waals surface area contributed by atoms with E-state index in [1.54, 1.807) is 18.2 Å². The Morgan fingerprint density at radius 3 is 2.67 bits per heavy atom. The molecule has 110 valence electrons. The van der Waals surface area contributed by atoms with Gasteiger partial charge < -0.3 is 10.5 Å². The average molecular weight is 290 g/mol. The number of nitro benzene ring substituents is 1. The molecule has 0 spiro atoms. The van der Waals surface area contributed by atoms with Crippen LogP contribution in [0.2, 0.25) is 0 Å². The second-order valence-corrected chi connectivity index (χ2v) is 4.52. The average Bonchev–Trinajstić information content (AvgIpc) is 2.48. The molecular formula is C15H15FN2O3. The van der Waals surface area contributed by atoms with Crippen molar-refractivity contribution >= 4 is 5.69 Å². The van der Waals surface area contributed by atoms with Crippen LogP contribution in [0.3, 0.4) is 0 Å². The topological polar surface area (TPSA) is 78.4 Å². The number of hydrogen-bond acceptors (Lipinski definition) is 4. The summed E-state index contributed by atoms with van der Waals surface area (Å²) >= 11 is 0. The van der Waals surface area contributed by atoms with E-state index in [-0.39, 0.29) is 11.8 Å². The summed E-state index contributed by atoms with van der Waals surface area (Å²) in [7, 11) is 0. The predicted octanol–water partition coefficient (Wildman–Crippen LogP) is 3.94. The molecule has 21 heavy (non-hydrogen) atoms. The Kier molecular flexibility index (Phi) is 4.49. The Morgan fingerprint density at radius 1 is 1.29 bits per heavy atom. The van der Waals surface area contributed by atoms with Crippen LogP contribution in [-0.2, 0) is 0 Å². The monoisotopic (exact) mass is 290 g/mol. The molecule has 0 bridgehead atoms. The largest absolute Gasteiger partial charge is 0.450 e. The van der Waals surface area contributed by atoms with Crippen molar-refractivity contribution in [2.24, 2.45) is 5.73 Å². The van der Waals surface area contributed by atoms with Crippen molar-refractivity contribution in [1.82, 2.24) is 0 Å². The standard InChI is InChI=1S/C15H15FN2O3/c1-2-12(17)11-5-3-4-6-14(11)21-15-8-7-10(16)9-13(15)18(19)20/h3-9,12H,2,17H2,1H3/t12-/m1/s1. The Morgan fingerprint density at radius 2 is 2.00 bits per heavy atom. The van der Waals surface area contributed by atoms with Gasteiger partial charge in [-0.1, -0.05) is 25.1 Å². The molecule has 0 aromatic heterocycles. The van der Waals surface area contributed by atoms with Gasteiger partial charge in [0, 0.05) is 11.6 Å². The van der Waals surface area contributed by atoms with Gasteiger partial charge in [0.05, 0.1) is 11.0 Å². The third kappa shape index (κ3) is 3.35. The number of nitrogens with zero attached hydrogens (tertiary/aromatic N) is 1. The minimum atomic E-state index is -0.687. The summed E-state index contributed by atoms with van der Waals surface area (Å²) in [6.07, 6.45) is 0.700. The zero-order valence-corrected chi connectivity index (χ0v) is 11.5. The molecule has 0 fully saturated rings. The van der Waals surface area contributed by atoms with Gasteiger partial charge >= 0.3 is 5.69 Å². The maximum Gasteiger partial charge on any atom is 0.314 e. The molecular weight excluding hydrogens is 275 g/mol. The first-order chi connectivity index (χ1) is 10.0. The van der Waals surface area contributed by atoms with E-state index >= 15 is 0 Å². The first-order valence-electron chi connectivity index (χ1n) is 6.49. The molecule has 2 aromatic carbocycles. The summed E-state index contributed by atoms with van der Waals surface area (Å²) in [5.74, 6) is -0.272. The molecule has 0 saturated carbocycles. The number of benzene rings is 2. The van der Waals surface area contributed by atoms with E-state index < -0.39 is 16.4 Å². The maximum absolute atomic E-state index is 13.1. The van der Waals surface area contributed by atoms with Crippen LogP contribution in [-0.4, -0.2) is 4.92 Å². The molecule has 0 amide bonds. The van der Waals surface area contributed by atoms with Gasteiger partial charge in [-0.05, 0) is 24.6 Å². The molecule has 0 aliphatic rings. The van der Waals surface area contributed by atoms with Gasteiger partial charge in [-0.25, -0.2) is 4.39 Å². The fourth-order valence-corrected chi connectivity index (χ4v) is 1.94. The molecule has 1 atom stereocenters. The lowest BCUT2D eigenvalue weighted by atomic mass is 10.0. The SMILES string of the molecule is CC[C@@H](N)c1ccccc1Oc1ccc(F)cc1[N+](=O)[O-].